The summed E-state index contributed by atoms with van der Waals surface area (Å²) >= 11 is 9.31. The molecule has 0 fully saturated rings. The Morgan fingerprint density at radius 3 is 2.48 bits per heavy atom. The van der Waals surface area contributed by atoms with Gasteiger partial charge >= 0.3 is 0 Å². The lowest BCUT2D eigenvalue weighted by Gasteiger charge is -2.07. The summed E-state index contributed by atoms with van der Waals surface area (Å²) in [5, 5.41) is 12.7. The fourth-order valence-corrected chi connectivity index (χ4v) is 2.98. The van der Waals surface area contributed by atoms with E-state index in [1.807, 2.05) is 42.5 Å². The van der Waals surface area contributed by atoms with Gasteiger partial charge in [0.25, 0.3) is 5.91 Å². The largest absolute Gasteiger partial charge is 0.489 e. The smallest absolute Gasteiger partial charge is 0.266 e. The van der Waals surface area contributed by atoms with Gasteiger partial charge in [0.15, 0.2) is 0 Å². The van der Waals surface area contributed by atoms with Gasteiger partial charge in [-0.1, -0.05) is 51.8 Å². The van der Waals surface area contributed by atoms with Crippen LogP contribution in [0.15, 0.2) is 82.8 Å². The molecule has 144 valence electrons. The van der Waals surface area contributed by atoms with Crippen LogP contribution < -0.4 is 10.1 Å². The molecular weight excluding hydrogens is 452 g/mol. The zero-order chi connectivity index (χ0) is 20.6. The molecule has 4 nitrogen and oxygen atoms in total. The summed E-state index contributed by atoms with van der Waals surface area (Å²) in [6, 6.07) is 23.7. The van der Waals surface area contributed by atoms with Gasteiger partial charge in [-0.15, -0.1) is 0 Å². The van der Waals surface area contributed by atoms with Crippen LogP contribution in [0, 0.1) is 11.3 Å². The molecule has 3 rings (SSSR count). The molecule has 0 heterocycles. The molecule has 6 heteroatoms. The summed E-state index contributed by atoms with van der Waals surface area (Å²) in [6.45, 7) is 0.398. The first-order chi connectivity index (χ1) is 14.0. The van der Waals surface area contributed by atoms with Crippen LogP contribution in [0.3, 0.4) is 0 Å². The molecule has 29 heavy (non-hydrogen) atoms. The number of benzene rings is 3. The SMILES string of the molecule is N#C/C(=C\c1ccc(OCc2cccc(Cl)c2)cc1)C(=O)Nc1ccc(Br)cc1. The van der Waals surface area contributed by atoms with Crippen LogP contribution in [-0.2, 0) is 11.4 Å². The lowest BCUT2D eigenvalue weighted by atomic mass is 10.1. The zero-order valence-corrected chi connectivity index (χ0v) is 17.6. The Labute approximate surface area is 182 Å². The fourth-order valence-electron chi connectivity index (χ4n) is 2.50. The summed E-state index contributed by atoms with van der Waals surface area (Å²) in [6.07, 6.45) is 1.54. The maximum Gasteiger partial charge on any atom is 0.266 e. The Bertz CT molecular complexity index is 1070. The molecule has 0 saturated heterocycles. The van der Waals surface area contributed by atoms with Gasteiger partial charge in [-0.05, 0) is 65.7 Å². The van der Waals surface area contributed by atoms with Gasteiger partial charge in [0.1, 0.15) is 24.0 Å². The van der Waals surface area contributed by atoms with Crippen molar-refractivity contribution >= 4 is 45.2 Å². The van der Waals surface area contributed by atoms with E-state index < -0.39 is 5.91 Å². The molecule has 0 aliphatic rings. The standard InChI is InChI=1S/C23H16BrClN2O2/c24-19-6-8-21(9-7-19)27-23(28)18(14-26)12-16-4-10-22(11-5-16)29-15-17-2-1-3-20(25)13-17/h1-13H,15H2,(H,27,28)/b18-12+. The monoisotopic (exact) mass is 466 g/mol. The zero-order valence-electron chi connectivity index (χ0n) is 15.2. The number of amides is 1. The Morgan fingerprint density at radius 1 is 1.10 bits per heavy atom. The Hall–Kier alpha value is -3.07. The highest BCUT2D eigenvalue weighted by atomic mass is 79.9. The number of ether oxygens (including phenoxy) is 1. The van der Waals surface area contributed by atoms with Gasteiger partial charge < -0.3 is 10.1 Å². The second kappa shape index (κ2) is 9.92. The molecule has 0 bridgehead atoms. The number of nitrogens with zero attached hydrogens (tertiary/aromatic N) is 1. The number of anilines is 1. The molecule has 1 N–H and O–H groups in total. The highest BCUT2D eigenvalue weighted by molar-refractivity contribution is 9.10. The average molecular weight is 468 g/mol. The van der Waals surface area contributed by atoms with Crippen molar-refractivity contribution in [1.29, 1.82) is 5.26 Å². The Balaban J connectivity index is 1.64. The van der Waals surface area contributed by atoms with Crippen molar-refractivity contribution in [2.45, 2.75) is 6.61 Å². The second-order valence-electron chi connectivity index (χ2n) is 6.12. The molecule has 0 atom stereocenters. The van der Waals surface area contributed by atoms with Crippen molar-refractivity contribution in [3.05, 3.63) is 99.0 Å². The quantitative estimate of drug-likeness (QED) is 0.345. The molecule has 3 aromatic carbocycles. The third kappa shape index (κ3) is 6.21. The molecule has 0 aromatic heterocycles. The summed E-state index contributed by atoms with van der Waals surface area (Å²) in [5.41, 5.74) is 2.32. The average Bonchev–Trinajstić information content (AvgIpc) is 2.73. The van der Waals surface area contributed by atoms with Gasteiger partial charge in [0, 0.05) is 15.2 Å². The molecule has 0 aliphatic carbocycles. The number of nitriles is 1. The number of carbonyl (C=O) groups is 1. The van der Waals surface area contributed by atoms with Crippen molar-refractivity contribution in [1.82, 2.24) is 0 Å². The van der Waals surface area contributed by atoms with E-state index in [4.69, 9.17) is 16.3 Å². The molecule has 0 spiro atoms. The van der Waals surface area contributed by atoms with E-state index in [9.17, 15) is 10.1 Å². The van der Waals surface area contributed by atoms with Crippen molar-refractivity contribution in [2.24, 2.45) is 0 Å². The van der Waals surface area contributed by atoms with E-state index in [1.165, 1.54) is 6.08 Å². The highest BCUT2D eigenvalue weighted by Crippen LogP contribution is 2.19. The normalized spacial score (nSPS) is 10.9. The Morgan fingerprint density at radius 2 is 1.83 bits per heavy atom. The summed E-state index contributed by atoms with van der Waals surface area (Å²) in [4.78, 5) is 12.3. The van der Waals surface area contributed by atoms with Gasteiger partial charge in [-0.25, -0.2) is 0 Å². The molecule has 0 aliphatic heterocycles. The topological polar surface area (TPSA) is 62.1 Å². The highest BCUT2D eigenvalue weighted by Gasteiger charge is 2.09. The summed E-state index contributed by atoms with van der Waals surface area (Å²) in [7, 11) is 0. The van der Waals surface area contributed by atoms with Gasteiger partial charge in [-0.2, -0.15) is 5.26 Å². The number of rotatable bonds is 6. The maximum atomic E-state index is 12.3. The number of hydrogen-bond acceptors (Lipinski definition) is 3. The van der Waals surface area contributed by atoms with Crippen LogP contribution in [-0.4, -0.2) is 5.91 Å². The molecule has 0 unspecified atom stereocenters. The van der Waals surface area contributed by atoms with Crippen LogP contribution in [0.25, 0.3) is 6.08 Å². The molecule has 3 aromatic rings. The van der Waals surface area contributed by atoms with Crippen molar-refractivity contribution < 1.29 is 9.53 Å². The first-order valence-corrected chi connectivity index (χ1v) is 9.86. The lowest BCUT2D eigenvalue weighted by molar-refractivity contribution is -0.112. The van der Waals surface area contributed by atoms with Crippen LogP contribution in [0.5, 0.6) is 5.75 Å². The van der Waals surface area contributed by atoms with Gasteiger partial charge in [0.2, 0.25) is 0 Å². The van der Waals surface area contributed by atoms with Gasteiger partial charge in [-0.3, -0.25) is 4.79 Å². The molecule has 0 saturated carbocycles. The summed E-state index contributed by atoms with van der Waals surface area (Å²) in [5.74, 6) is 0.219. The number of nitrogens with one attached hydrogen (secondary N) is 1. The van der Waals surface area contributed by atoms with Crippen LogP contribution in [0.1, 0.15) is 11.1 Å². The fraction of sp³-hybridized carbons (Fsp3) is 0.0435. The van der Waals surface area contributed by atoms with E-state index in [0.717, 1.165) is 15.6 Å². The first kappa shape index (κ1) is 20.7. The summed E-state index contributed by atoms with van der Waals surface area (Å²) < 4.78 is 6.65. The second-order valence-corrected chi connectivity index (χ2v) is 7.47. The molecular formula is C23H16BrClN2O2. The van der Waals surface area contributed by atoms with Crippen LogP contribution >= 0.6 is 27.5 Å². The van der Waals surface area contributed by atoms with Gasteiger partial charge in [0.05, 0.1) is 0 Å². The van der Waals surface area contributed by atoms with E-state index >= 15 is 0 Å². The maximum absolute atomic E-state index is 12.3. The van der Waals surface area contributed by atoms with Crippen molar-refractivity contribution in [3.63, 3.8) is 0 Å². The van der Waals surface area contributed by atoms with Crippen molar-refractivity contribution in [3.8, 4) is 11.8 Å². The molecule has 1 amide bonds. The predicted octanol–water partition coefficient (Wildman–Crippen LogP) is 6.23. The minimum absolute atomic E-state index is 0.0144. The minimum Gasteiger partial charge on any atom is -0.489 e. The lowest BCUT2D eigenvalue weighted by Crippen LogP contribution is -2.13. The predicted molar refractivity (Wildman–Crippen MR) is 119 cm³/mol. The third-order valence-corrected chi connectivity index (χ3v) is 4.72. The van der Waals surface area contributed by atoms with Crippen molar-refractivity contribution in [2.75, 3.05) is 5.32 Å². The minimum atomic E-state index is -0.462. The first-order valence-electron chi connectivity index (χ1n) is 8.69. The third-order valence-electron chi connectivity index (χ3n) is 3.95. The number of carbonyl (C=O) groups excluding carboxylic acids is 1. The van der Waals surface area contributed by atoms with E-state index in [-0.39, 0.29) is 5.57 Å². The van der Waals surface area contributed by atoms with E-state index in [2.05, 4.69) is 21.2 Å². The van der Waals surface area contributed by atoms with Crippen LogP contribution in [0.4, 0.5) is 5.69 Å². The Kier molecular flexibility index (Phi) is 7.07. The van der Waals surface area contributed by atoms with E-state index in [0.29, 0.717) is 23.1 Å². The molecule has 0 radical (unpaired) electrons. The number of halogens is 2. The van der Waals surface area contributed by atoms with E-state index in [1.54, 1.807) is 36.4 Å². The number of hydrogen-bond donors (Lipinski definition) is 1. The van der Waals surface area contributed by atoms with Crippen LogP contribution in [0.2, 0.25) is 5.02 Å².